The number of aliphatic hydroxyl groups is 2. The van der Waals surface area contributed by atoms with Crippen LogP contribution in [-0.2, 0) is 4.79 Å². The zero-order chi connectivity index (χ0) is 17.3. The average Bonchev–Trinajstić information content (AvgIpc) is 2.84. The first kappa shape index (κ1) is 17.0. The normalized spacial score (nSPS) is 57.0. The molecule has 0 unspecified atom stereocenters. The number of aliphatic hydroxyl groups excluding tert-OH is 2. The molecule has 9 atom stereocenters. The van der Waals surface area contributed by atoms with E-state index in [1.807, 2.05) is 0 Å². The first-order chi connectivity index (χ1) is 11.3. The average molecular weight is 335 g/mol. The van der Waals surface area contributed by atoms with E-state index in [2.05, 4.69) is 13.8 Å². The van der Waals surface area contributed by atoms with Crippen LogP contribution in [0.2, 0.25) is 0 Å². The van der Waals surface area contributed by atoms with Crippen LogP contribution in [0.1, 0.15) is 72.1 Å². The van der Waals surface area contributed by atoms with Gasteiger partial charge in [0.25, 0.3) is 0 Å². The molecule has 4 saturated carbocycles. The molecule has 4 aliphatic rings. The van der Waals surface area contributed by atoms with Gasteiger partial charge < -0.3 is 10.2 Å². The van der Waals surface area contributed by atoms with Gasteiger partial charge in [0.2, 0.25) is 0 Å². The van der Waals surface area contributed by atoms with Crippen molar-refractivity contribution in [2.45, 2.75) is 84.3 Å². The maximum Gasteiger partial charge on any atom is 0.133 e. The van der Waals surface area contributed by atoms with Crippen LogP contribution in [-0.4, -0.2) is 28.2 Å². The van der Waals surface area contributed by atoms with E-state index >= 15 is 0 Å². The third-order valence-electron chi connectivity index (χ3n) is 9.06. The van der Waals surface area contributed by atoms with Crippen molar-refractivity contribution in [2.24, 2.45) is 40.4 Å². The van der Waals surface area contributed by atoms with E-state index in [0.717, 1.165) is 38.5 Å². The lowest BCUT2D eigenvalue weighted by atomic mass is 9.44. The number of rotatable bonds is 1. The molecular weight excluding hydrogens is 300 g/mol. The molecule has 0 saturated heterocycles. The van der Waals surface area contributed by atoms with Gasteiger partial charge in [-0.25, -0.2) is 0 Å². The predicted octanol–water partition coefficient (Wildman–Crippen LogP) is 3.57. The SMILES string of the molecule is CC(=O)[C@H]1CC[C@H]2[C@@H]3CC[C@@H]4C[C@H](O)CC[C@]4(C)[C@H]3[C@H](O)C[C@]12C. The van der Waals surface area contributed by atoms with Gasteiger partial charge in [-0.2, -0.15) is 0 Å². The third-order valence-corrected chi connectivity index (χ3v) is 9.06. The summed E-state index contributed by atoms with van der Waals surface area (Å²) in [5, 5.41) is 21.3. The number of carbonyl (C=O) groups is 1. The van der Waals surface area contributed by atoms with E-state index in [0.29, 0.717) is 29.5 Å². The Bertz CT molecular complexity index is 531. The number of Topliss-reactive ketones (excluding diaryl/α,β-unsaturated/α-hetero) is 1. The van der Waals surface area contributed by atoms with E-state index in [1.165, 1.54) is 12.8 Å². The molecule has 136 valence electrons. The van der Waals surface area contributed by atoms with Gasteiger partial charge in [0, 0.05) is 5.92 Å². The zero-order valence-corrected chi connectivity index (χ0v) is 15.5. The van der Waals surface area contributed by atoms with Gasteiger partial charge >= 0.3 is 0 Å². The van der Waals surface area contributed by atoms with Gasteiger partial charge in [0.1, 0.15) is 5.78 Å². The number of fused-ring (bicyclic) bond motifs is 5. The monoisotopic (exact) mass is 334 g/mol. The Labute approximate surface area is 146 Å². The number of hydrogen-bond donors (Lipinski definition) is 2. The highest BCUT2D eigenvalue weighted by Gasteiger charge is 2.63. The van der Waals surface area contributed by atoms with Gasteiger partial charge in [-0.15, -0.1) is 0 Å². The molecule has 0 aromatic carbocycles. The molecule has 24 heavy (non-hydrogen) atoms. The predicted molar refractivity (Wildman–Crippen MR) is 93.3 cm³/mol. The Morgan fingerprint density at radius 1 is 1.00 bits per heavy atom. The smallest absolute Gasteiger partial charge is 0.133 e. The molecule has 0 aliphatic heterocycles. The molecule has 0 amide bonds. The molecule has 0 heterocycles. The van der Waals surface area contributed by atoms with Gasteiger partial charge in [0.15, 0.2) is 0 Å². The summed E-state index contributed by atoms with van der Waals surface area (Å²) in [6, 6.07) is 0. The molecule has 4 fully saturated rings. The standard InChI is InChI=1S/C21H34O3/c1-12(22)16-6-7-17-15-5-4-13-10-14(23)8-9-20(13,2)19(15)18(24)11-21(16,17)3/h13-19,23-24H,4-11H2,1-3H3/t13-,14-,15+,16-,17+,18-,19-,20+,21-/m1/s1. The summed E-state index contributed by atoms with van der Waals surface area (Å²) in [6.07, 6.45) is 7.80. The fourth-order valence-corrected chi connectivity index (χ4v) is 8.03. The Morgan fingerprint density at radius 2 is 1.75 bits per heavy atom. The van der Waals surface area contributed by atoms with Gasteiger partial charge in [-0.1, -0.05) is 13.8 Å². The molecule has 3 nitrogen and oxygen atoms in total. The summed E-state index contributed by atoms with van der Waals surface area (Å²) in [7, 11) is 0. The fraction of sp³-hybridized carbons (Fsp3) is 0.952. The lowest BCUT2D eigenvalue weighted by Gasteiger charge is -2.62. The quantitative estimate of drug-likeness (QED) is 0.771. The van der Waals surface area contributed by atoms with Crippen molar-refractivity contribution in [2.75, 3.05) is 0 Å². The van der Waals surface area contributed by atoms with Crippen LogP contribution in [0.4, 0.5) is 0 Å². The second kappa shape index (κ2) is 5.54. The number of hydrogen-bond acceptors (Lipinski definition) is 3. The maximum atomic E-state index is 12.2. The summed E-state index contributed by atoms with van der Waals surface area (Å²) in [5.74, 6) is 2.58. The molecule has 0 spiro atoms. The summed E-state index contributed by atoms with van der Waals surface area (Å²) in [5.41, 5.74) is 0.182. The first-order valence-electron chi connectivity index (χ1n) is 10.1. The molecular formula is C21H34O3. The number of carbonyl (C=O) groups excluding carboxylic acids is 1. The Balaban J connectivity index is 1.67. The van der Waals surface area contributed by atoms with E-state index in [1.54, 1.807) is 6.92 Å². The van der Waals surface area contributed by atoms with E-state index in [-0.39, 0.29) is 29.0 Å². The second-order valence-electron chi connectivity index (χ2n) is 10.0. The van der Waals surface area contributed by atoms with Crippen LogP contribution in [0.5, 0.6) is 0 Å². The highest BCUT2D eigenvalue weighted by atomic mass is 16.3. The minimum atomic E-state index is -0.278. The van der Waals surface area contributed by atoms with E-state index in [4.69, 9.17) is 0 Å². The van der Waals surface area contributed by atoms with Crippen LogP contribution in [0.15, 0.2) is 0 Å². The highest BCUT2D eigenvalue weighted by molar-refractivity contribution is 5.79. The minimum absolute atomic E-state index is 0.00376. The molecule has 0 bridgehead atoms. The van der Waals surface area contributed by atoms with Crippen LogP contribution in [0, 0.1) is 40.4 Å². The molecule has 0 radical (unpaired) electrons. The summed E-state index contributed by atoms with van der Waals surface area (Å²) in [6.45, 7) is 6.43. The molecule has 2 N–H and O–H groups in total. The molecule has 3 heteroatoms. The Hall–Kier alpha value is -0.410. The molecule has 0 aromatic rings. The lowest BCUT2D eigenvalue weighted by molar-refractivity contribution is -0.178. The Morgan fingerprint density at radius 3 is 2.46 bits per heavy atom. The van der Waals surface area contributed by atoms with Crippen molar-refractivity contribution in [3.8, 4) is 0 Å². The maximum absolute atomic E-state index is 12.2. The van der Waals surface area contributed by atoms with E-state index < -0.39 is 0 Å². The van der Waals surface area contributed by atoms with Gasteiger partial charge in [0.05, 0.1) is 12.2 Å². The molecule has 0 aromatic heterocycles. The Kier molecular flexibility index (Phi) is 3.93. The van der Waals surface area contributed by atoms with Crippen molar-refractivity contribution < 1.29 is 15.0 Å². The van der Waals surface area contributed by atoms with Crippen LogP contribution < -0.4 is 0 Å². The summed E-state index contributed by atoms with van der Waals surface area (Å²) in [4.78, 5) is 12.2. The zero-order valence-electron chi connectivity index (χ0n) is 15.5. The largest absolute Gasteiger partial charge is 0.393 e. The summed E-state index contributed by atoms with van der Waals surface area (Å²) >= 11 is 0. The number of ketones is 1. The topological polar surface area (TPSA) is 57.5 Å². The highest BCUT2D eigenvalue weighted by Crippen LogP contribution is 2.67. The lowest BCUT2D eigenvalue weighted by Crippen LogP contribution is -2.59. The van der Waals surface area contributed by atoms with Crippen molar-refractivity contribution in [1.82, 2.24) is 0 Å². The third kappa shape index (κ3) is 2.19. The van der Waals surface area contributed by atoms with Crippen molar-refractivity contribution in [3.63, 3.8) is 0 Å². The summed E-state index contributed by atoms with van der Waals surface area (Å²) < 4.78 is 0. The van der Waals surface area contributed by atoms with Gasteiger partial charge in [-0.05, 0) is 92.8 Å². The molecule has 4 rings (SSSR count). The van der Waals surface area contributed by atoms with Crippen LogP contribution in [0.3, 0.4) is 0 Å². The second-order valence-corrected chi connectivity index (χ2v) is 10.0. The van der Waals surface area contributed by atoms with E-state index in [9.17, 15) is 15.0 Å². The van der Waals surface area contributed by atoms with Gasteiger partial charge in [-0.3, -0.25) is 4.79 Å². The van der Waals surface area contributed by atoms with Crippen molar-refractivity contribution in [1.29, 1.82) is 0 Å². The fourth-order valence-electron chi connectivity index (χ4n) is 8.03. The minimum Gasteiger partial charge on any atom is -0.393 e. The van der Waals surface area contributed by atoms with Crippen LogP contribution >= 0.6 is 0 Å². The first-order valence-corrected chi connectivity index (χ1v) is 10.1. The van der Waals surface area contributed by atoms with Crippen LogP contribution in [0.25, 0.3) is 0 Å². The van der Waals surface area contributed by atoms with Crippen molar-refractivity contribution in [3.05, 3.63) is 0 Å². The molecule has 4 aliphatic carbocycles. The van der Waals surface area contributed by atoms with Crippen molar-refractivity contribution >= 4 is 5.78 Å².